The van der Waals surface area contributed by atoms with Crippen molar-refractivity contribution in [1.29, 1.82) is 0 Å². The smallest absolute Gasteiger partial charge is 0.0158 e. The maximum Gasteiger partial charge on any atom is 0.0158 e. The fourth-order valence-corrected chi connectivity index (χ4v) is 9.28. The maximum atomic E-state index is 2.40. The van der Waals surface area contributed by atoms with Crippen LogP contribution in [0, 0.1) is 0 Å². The summed E-state index contributed by atoms with van der Waals surface area (Å²) in [6.45, 7) is 4.69. The average molecular weight is 673 g/mol. The Morgan fingerprint density at radius 1 is 0.283 bits per heavy atom. The van der Waals surface area contributed by atoms with Crippen molar-refractivity contribution in [3.05, 3.63) is 193 Å². The van der Waals surface area contributed by atoms with Crippen LogP contribution in [0.15, 0.2) is 182 Å². The fraction of sp³-hybridized carbons (Fsp3) is 0.0566. The molecule has 0 spiro atoms. The summed E-state index contributed by atoms with van der Waals surface area (Å²) in [4.78, 5) is 0. The van der Waals surface area contributed by atoms with Gasteiger partial charge in [0, 0.05) is 5.41 Å². The number of rotatable bonds is 4. The molecule has 0 amide bonds. The van der Waals surface area contributed by atoms with E-state index in [0.717, 1.165) is 0 Å². The normalized spacial score (nSPS) is 13.2. The van der Waals surface area contributed by atoms with Crippen molar-refractivity contribution in [2.24, 2.45) is 0 Å². The van der Waals surface area contributed by atoms with Gasteiger partial charge in [-0.15, -0.1) is 0 Å². The molecule has 0 aromatic heterocycles. The molecule has 248 valence electrons. The van der Waals surface area contributed by atoms with Gasteiger partial charge in [0.15, 0.2) is 0 Å². The van der Waals surface area contributed by atoms with Crippen LogP contribution in [-0.4, -0.2) is 0 Å². The Labute approximate surface area is 310 Å². The molecule has 0 heterocycles. The molecule has 11 rings (SSSR count). The van der Waals surface area contributed by atoms with E-state index in [-0.39, 0.29) is 5.41 Å². The van der Waals surface area contributed by atoms with Crippen LogP contribution < -0.4 is 0 Å². The van der Waals surface area contributed by atoms with Crippen molar-refractivity contribution >= 4 is 43.1 Å². The molecule has 0 fully saturated rings. The van der Waals surface area contributed by atoms with Crippen molar-refractivity contribution in [2.75, 3.05) is 0 Å². The summed E-state index contributed by atoms with van der Waals surface area (Å²) < 4.78 is 0. The SMILES string of the molecule is CC1(C)c2ccccc2-c2cc(-c3cccc(-c4ccc5ccc6c(-c7ccc(-c8ccc9ccccc9c8)cc7)ccc7ccc4c5c76)c3)ccc21. The Morgan fingerprint density at radius 2 is 0.811 bits per heavy atom. The first-order chi connectivity index (χ1) is 26.0. The van der Waals surface area contributed by atoms with Crippen LogP contribution in [0.3, 0.4) is 0 Å². The van der Waals surface area contributed by atoms with Crippen molar-refractivity contribution in [1.82, 2.24) is 0 Å². The van der Waals surface area contributed by atoms with Crippen molar-refractivity contribution < 1.29 is 0 Å². The van der Waals surface area contributed by atoms with E-state index < -0.39 is 0 Å². The standard InChI is InChI=1S/C53H36/c1-53(2)49-13-6-5-12-45(49)48-32-41(24-29-50(48)53)39-10-7-11-42(31-39)44-26-21-37-22-27-46-43(25-20-36-23-28-47(44)52(37)51(36)46)35-17-14-34(15-18-35)40-19-16-33-8-3-4-9-38(33)30-40/h3-32H,1-2H3. The maximum absolute atomic E-state index is 2.40. The van der Waals surface area contributed by atoms with Gasteiger partial charge in [-0.2, -0.15) is 0 Å². The highest BCUT2D eigenvalue weighted by molar-refractivity contribution is 6.27. The van der Waals surface area contributed by atoms with E-state index in [0.29, 0.717) is 0 Å². The molecule has 10 aromatic carbocycles. The van der Waals surface area contributed by atoms with Crippen LogP contribution in [0.1, 0.15) is 25.0 Å². The summed E-state index contributed by atoms with van der Waals surface area (Å²) in [5, 5.41) is 10.4. The lowest BCUT2D eigenvalue weighted by Crippen LogP contribution is -2.14. The molecule has 0 bridgehead atoms. The van der Waals surface area contributed by atoms with Gasteiger partial charge >= 0.3 is 0 Å². The summed E-state index contributed by atoms with van der Waals surface area (Å²) in [5.41, 5.74) is 15.5. The molecule has 0 aliphatic heterocycles. The van der Waals surface area contributed by atoms with Crippen molar-refractivity contribution in [3.8, 4) is 55.6 Å². The highest BCUT2D eigenvalue weighted by atomic mass is 14.4. The van der Waals surface area contributed by atoms with Gasteiger partial charge in [-0.3, -0.25) is 0 Å². The minimum absolute atomic E-state index is 0.00915. The molecular formula is C53H36. The topological polar surface area (TPSA) is 0 Å². The number of fused-ring (bicyclic) bond motifs is 4. The van der Waals surface area contributed by atoms with E-state index in [2.05, 4.69) is 196 Å². The zero-order chi connectivity index (χ0) is 35.3. The number of benzene rings is 10. The molecule has 0 nitrogen and oxygen atoms in total. The first-order valence-corrected chi connectivity index (χ1v) is 18.7. The molecule has 1 aliphatic carbocycles. The number of hydrogen-bond acceptors (Lipinski definition) is 0. The Bertz CT molecular complexity index is 3070. The van der Waals surface area contributed by atoms with Crippen LogP contribution in [0.25, 0.3) is 98.7 Å². The monoisotopic (exact) mass is 672 g/mol. The van der Waals surface area contributed by atoms with Crippen LogP contribution in [0.4, 0.5) is 0 Å². The summed E-state index contributed by atoms with van der Waals surface area (Å²) in [5.74, 6) is 0. The largest absolute Gasteiger partial charge is 0.0619 e. The van der Waals surface area contributed by atoms with E-state index in [1.54, 1.807) is 0 Å². The molecule has 0 saturated heterocycles. The zero-order valence-corrected chi connectivity index (χ0v) is 29.8. The summed E-state index contributed by atoms with van der Waals surface area (Å²) in [7, 11) is 0. The summed E-state index contributed by atoms with van der Waals surface area (Å²) >= 11 is 0. The predicted molar refractivity (Wildman–Crippen MR) is 227 cm³/mol. The van der Waals surface area contributed by atoms with E-state index in [1.165, 1.54) is 110 Å². The molecule has 0 heteroatoms. The van der Waals surface area contributed by atoms with Gasteiger partial charge in [-0.05, 0) is 128 Å². The zero-order valence-electron chi connectivity index (χ0n) is 29.8. The van der Waals surface area contributed by atoms with E-state index in [1.807, 2.05) is 0 Å². The molecular weight excluding hydrogens is 637 g/mol. The highest BCUT2D eigenvalue weighted by Crippen LogP contribution is 2.50. The second-order valence-electron chi connectivity index (χ2n) is 15.3. The highest BCUT2D eigenvalue weighted by Gasteiger charge is 2.35. The Morgan fingerprint density at radius 3 is 1.58 bits per heavy atom. The molecule has 0 N–H and O–H groups in total. The summed E-state index contributed by atoms with van der Waals surface area (Å²) in [6.07, 6.45) is 0. The van der Waals surface area contributed by atoms with Crippen LogP contribution in [0.2, 0.25) is 0 Å². The molecule has 0 saturated carbocycles. The Balaban J connectivity index is 1.00. The molecule has 53 heavy (non-hydrogen) atoms. The lowest BCUT2D eigenvalue weighted by molar-refractivity contribution is 0.660. The van der Waals surface area contributed by atoms with Crippen molar-refractivity contribution in [2.45, 2.75) is 19.3 Å². The Kier molecular flexibility index (Phi) is 6.40. The quantitative estimate of drug-likeness (QED) is 0.163. The van der Waals surface area contributed by atoms with E-state index in [4.69, 9.17) is 0 Å². The third kappa shape index (κ3) is 4.55. The van der Waals surface area contributed by atoms with Crippen molar-refractivity contribution in [3.63, 3.8) is 0 Å². The lowest BCUT2D eigenvalue weighted by atomic mass is 9.82. The van der Waals surface area contributed by atoms with Gasteiger partial charge in [0.2, 0.25) is 0 Å². The van der Waals surface area contributed by atoms with Gasteiger partial charge < -0.3 is 0 Å². The van der Waals surface area contributed by atoms with Gasteiger partial charge in [0.1, 0.15) is 0 Å². The van der Waals surface area contributed by atoms with E-state index >= 15 is 0 Å². The first kappa shape index (κ1) is 30.2. The third-order valence-corrected chi connectivity index (χ3v) is 12.0. The molecule has 0 unspecified atom stereocenters. The second kappa shape index (κ2) is 11.2. The van der Waals surface area contributed by atoms with E-state index in [9.17, 15) is 0 Å². The lowest BCUT2D eigenvalue weighted by Gasteiger charge is -2.21. The first-order valence-electron chi connectivity index (χ1n) is 18.7. The fourth-order valence-electron chi connectivity index (χ4n) is 9.28. The van der Waals surface area contributed by atoms with Gasteiger partial charge in [-0.25, -0.2) is 0 Å². The minimum atomic E-state index is 0.00915. The third-order valence-electron chi connectivity index (χ3n) is 12.0. The Hall–Kier alpha value is -6.50. The molecule has 0 atom stereocenters. The van der Waals surface area contributed by atoms with Crippen LogP contribution in [0.5, 0.6) is 0 Å². The number of hydrogen-bond donors (Lipinski definition) is 0. The van der Waals surface area contributed by atoms with Crippen LogP contribution in [-0.2, 0) is 5.41 Å². The van der Waals surface area contributed by atoms with Gasteiger partial charge in [0.05, 0.1) is 0 Å². The average Bonchev–Trinajstić information content (AvgIpc) is 3.45. The van der Waals surface area contributed by atoms with Gasteiger partial charge in [0.25, 0.3) is 0 Å². The second-order valence-corrected chi connectivity index (χ2v) is 15.3. The summed E-state index contributed by atoms with van der Waals surface area (Å²) in [6, 6.07) is 68.0. The minimum Gasteiger partial charge on any atom is -0.0619 e. The molecule has 1 aliphatic rings. The van der Waals surface area contributed by atoms with Gasteiger partial charge in [-0.1, -0.05) is 178 Å². The molecule has 10 aromatic rings. The predicted octanol–water partition coefficient (Wildman–Crippen LogP) is 14.7. The molecule has 0 radical (unpaired) electrons. The van der Waals surface area contributed by atoms with Crippen LogP contribution >= 0.6 is 0 Å².